The van der Waals surface area contributed by atoms with Crippen molar-refractivity contribution in [3.63, 3.8) is 0 Å². The first-order valence-electron chi connectivity index (χ1n) is 15.0. The summed E-state index contributed by atoms with van der Waals surface area (Å²) in [5.74, 6) is 0.683. The Morgan fingerprint density at radius 2 is 1.89 bits per heavy atom. The standard InChI is InChI=1S/C31H41ClN8O4Si/c1-17-14-34-22(18(2)25(17)43-6)16-40-27-24(26(32)37-30(33)38-27)20(28(40)41)13-23-35-15-21(36-23)29(42)39-11-9-19(10-12-39)44-45(7,8)31(3,4)5/h13-15,19H,9-12,16H2,1-8H3,(H,35,36)(H2,33,37,38)/b20-13-. The lowest BCUT2D eigenvalue weighted by atomic mass is 10.1. The van der Waals surface area contributed by atoms with E-state index in [0.29, 0.717) is 35.9 Å². The maximum Gasteiger partial charge on any atom is 0.274 e. The Hall–Kier alpha value is -3.81. The number of nitrogen functional groups attached to an aromatic ring is 1. The van der Waals surface area contributed by atoms with E-state index in [1.54, 1.807) is 30.5 Å². The summed E-state index contributed by atoms with van der Waals surface area (Å²) in [6.07, 6.45) is 6.52. The summed E-state index contributed by atoms with van der Waals surface area (Å²) in [4.78, 5) is 51.0. The van der Waals surface area contributed by atoms with Gasteiger partial charge in [-0.3, -0.25) is 19.5 Å². The predicted octanol–water partition coefficient (Wildman–Crippen LogP) is 5.17. The minimum atomic E-state index is -1.89. The van der Waals surface area contributed by atoms with Crippen molar-refractivity contribution < 1.29 is 18.8 Å². The van der Waals surface area contributed by atoms with Crippen LogP contribution < -0.4 is 15.4 Å². The maximum absolute atomic E-state index is 13.9. The van der Waals surface area contributed by atoms with E-state index >= 15 is 0 Å². The molecule has 2 aliphatic rings. The molecule has 0 radical (unpaired) electrons. The van der Waals surface area contributed by atoms with Crippen LogP contribution in [-0.2, 0) is 15.8 Å². The van der Waals surface area contributed by atoms with Crippen molar-refractivity contribution in [3.8, 4) is 5.75 Å². The van der Waals surface area contributed by atoms with Gasteiger partial charge in [-0.2, -0.15) is 4.98 Å². The number of amides is 2. The molecule has 0 aliphatic carbocycles. The van der Waals surface area contributed by atoms with E-state index in [0.717, 1.165) is 24.0 Å². The zero-order chi connectivity index (χ0) is 32.8. The van der Waals surface area contributed by atoms with Gasteiger partial charge in [0.15, 0.2) is 14.1 Å². The number of aromatic nitrogens is 5. The van der Waals surface area contributed by atoms with Gasteiger partial charge in [-0.25, -0.2) is 9.97 Å². The fourth-order valence-corrected chi connectivity index (χ4v) is 7.16. The van der Waals surface area contributed by atoms with Crippen molar-refractivity contribution in [2.24, 2.45) is 0 Å². The topological polar surface area (TPSA) is 152 Å². The van der Waals surface area contributed by atoms with Crippen LogP contribution in [0, 0.1) is 13.8 Å². The maximum atomic E-state index is 13.9. The monoisotopic (exact) mass is 652 g/mol. The molecule has 5 rings (SSSR count). The third kappa shape index (κ3) is 6.33. The number of aryl methyl sites for hydroxylation is 1. The summed E-state index contributed by atoms with van der Waals surface area (Å²) >= 11 is 6.52. The zero-order valence-corrected chi connectivity index (χ0v) is 28.9. The van der Waals surface area contributed by atoms with Crippen molar-refractivity contribution in [1.29, 1.82) is 0 Å². The quantitative estimate of drug-likeness (QED) is 0.200. The molecule has 0 bridgehead atoms. The Kier molecular flexibility index (Phi) is 8.82. The highest BCUT2D eigenvalue weighted by molar-refractivity contribution is 6.74. The van der Waals surface area contributed by atoms with Gasteiger partial charge >= 0.3 is 0 Å². The molecule has 0 saturated carbocycles. The number of anilines is 2. The smallest absolute Gasteiger partial charge is 0.274 e. The van der Waals surface area contributed by atoms with Crippen LogP contribution in [0.25, 0.3) is 11.6 Å². The van der Waals surface area contributed by atoms with E-state index < -0.39 is 8.32 Å². The molecule has 240 valence electrons. The predicted molar refractivity (Wildman–Crippen MR) is 177 cm³/mol. The highest BCUT2D eigenvalue weighted by atomic mass is 35.5. The second kappa shape index (κ2) is 12.2. The third-order valence-corrected chi connectivity index (χ3v) is 13.8. The number of pyridine rings is 1. The molecule has 45 heavy (non-hydrogen) atoms. The van der Waals surface area contributed by atoms with Crippen molar-refractivity contribution in [1.82, 2.24) is 29.8 Å². The van der Waals surface area contributed by atoms with Gasteiger partial charge in [0.2, 0.25) is 5.95 Å². The first-order valence-corrected chi connectivity index (χ1v) is 18.3. The first-order chi connectivity index (χ1) is 21.1. The number of hydrogen-bond acceptors (Lipinski definition) is 9. The number of fused-ring (bicyclic) bond motifs is 1. The Morgan fingerprint density at radius 3 is 2.53 bits per heavy atom. The number of carbonyl (C=O) groups is 2. The summed E-state index contributed by atoms with van der Waals surface area (Å²) in [7, 11) is -0.291. The SMILES string of the molecule is COc1c(C)cnc(CN2C(=O)/C(=C\c3nc(C(=O)N4CCC(O[Si](C)(C)C(C)(C)C)CC4)c[nH]3)c3c(Cl)nc(N)nc32)c1C. The summed E-state index contributed by atoms with van der Waals surface area (Å²) < 4.78 is 12.1. The molecule has 14 heteroatoms. The Balaban J connectivity index is 1.36. The van der Waals surface area contributed by atoms with E-state index in [1.165, 1.54) is 4.90 Å². The summed E-state index contributed by atoms with van der Waals surface area (Å²) in [5.41, 5.74) is 9.07. The molecule has 1 saturated heterocycles. The van der Waals surface area contributed by atoms with Crippen LogP contribution >= 0.6 is 11.6 Å². The van der Waals surface area contributed by atoms with Crippen molar-refractivity contribution in [2.75, 3.05) is 30.8 Å². The number of rotatable bonds is 7. The van der Waals surface area contributed by atoms with Crippen molar-refractivity contribution in [2.45, 2.75) is 78.2 Å². The number of halogens is 1. The minimum Gasteiger partial charge on any atom is -0.496 e. The molecule has 0 aromatic carbocycles. The van der Waals surface area contributed by atoms with Gasteiger partial charge in [0.1, 0.15) is 22.4 Å². The Bertz CT molecular complexity index is 1670. The zero-order valence-electron chi connectivity index (χ0n) is 27.1. The van der Waals surface area contributed by atoms with Crippen LogP contribution in [0.15, 0.2) is 12.4 Å². The number of methoxy groups -OCH3 is 1. The van der Waals surface area contributed by atoms with E-state index in [2.05, 4.69) is 58.8 Å². The molecule has 3 N–H and O–H groups in total. The molecule has 3 aromatic heterocycles. The van der Waals surface area contributed by atoms with Crippen LogP contribution in [0.2, 0.25) is 23.3 Å². The molecule has 1 fully saturated rings. The molecule has 12 nitrogen and oxygen atoms in total. The van der Waals surface area contributed by atoms with Gasteiger partial charge in [-0.1, -0.05) is 32.4 Å². The molecular formula is C31H41ClN8O4Si. The summed E-state index contributed by atoms with van der Waals surface area (Å²) in [6, 6.07) is 0. The fraction of sp³-hybridized carbons (Fsp3) is 0.484. The lowest BCUT2D eigenvalue weighted by Gasteiger charge is -2.41. The van der Waals surface area contributed by atoms with Crippen LogP contribution in [-0.4, -0.2) is 76.3 Å². The number of nitrogens with two attached hydrogens (primary N) is 1. The Morgan fingerprint density at radius 1 is 1.20 bits per heavy atom. The highest BCUT2D eigenvalue weighted by Crippen LogP contribution is 2.42. The Labute approximate surface area is 269 Å². The second-order valence-corrected chi connectivity index (χ2v) is 18.2. The van der Waals surface area contributed by atoms with E-state index in [1.807, 2.05) is 13.8 Å². The van der Waals surface area contributed by atoms with Gasteiger partial charge in [0.05, 0.1) is 30.5 Å². The molecule has 2 aliphatic heterocycles. The number of imidazole rings is 1. The average molecular weight is 653 g/mol. The molecule has 0 spiro atoms. The van der Waals surface area contributed by atoms with Crippen LogP contribution in [0.3, 0.4) is 0 Å². The molecule has 0 unspecified atom stereocenters. The number of carbonyl (C=O) groups excluding carboxylic acids is 2. The number of nitrogens with one attached hydrogen (secondary N) is 1. The fourth-order valence-electron chi connectivity index (χ4n) is 5.46. The first kappa shape index (κ1) is 32.6. The van der Waals surface area contributed by atoms with E-state index in [9.17, 15) is 9.59 Å². The number of hydrogen-bond donors (Lipinski definition) is 2. The van der Waals surface area contributed by atoms with Gasteiger partial charge in [0.25, 0.3) is 11.8 Å². The van der Waals surface area contributed by atoms with Gasteiger partial charge in [0, 0.05) is 42.7 Å². The molecule has 3 aromatic rings. The largest absolute Gasteiger partial charge is 0.496 e. The molecule has 5 heterocycles. The molecule has 2 amide bonds. The lowest BCUT2D eigenvalue weighted by Crippen LogP contribution is -2.48. The highest BCUT2D eigenvalue weighted by Gasteiger charge is 2.40. The van der Waals surface area contributed by atoms with Gasteiger partial charge < -0.3 is 24.8 Å². The van der Waals surface area contributed by atoms with Gasteiger partial charge in [-0.15, -0.1) is 0 Å². The van der Waals surface area contributed by atoms with Crippen LogP contribution in [0.5, 0.6) is 5.75 Å². The minimum absolute atomic E-state index is 0.0383. The van der Waals surface area contributed by atoms with Crippen LogP contribution in [0.1, 0.15) is 72.3 Å². The lowest BCUT2D eigenvalue weighted by molar-refractivity contribution is -0.113. The number of nitrogens with zero attached hydrogens (tertiary/aromatic N) is 6. The van der Waals surface area contributed by atoms with Crippen molar-refractivity contribution in [3.05, 3.63) is 51.4 Å². The third-order valence-electron chi connectivity index (χ3n) is 9.02. The average Bonchev–Trinajstić information content (AvgIpc) is 3.53. The summed E-state index contributed by atoms with van der Waals surface area (Å²) in [5, 5.41) is 0.168. The van der Waals surface area contributed by atoms with Crippen molar-refractivity contribution >= 4 is 55.1 Å². The normalized spacial score (nSPS) is 16.9. The number of ether oxygens (including phenoxy) is 1. The van der Waals surface area contributed by atoms with Crippen LogP contribution in [0.4, 0.5) is 11.8 Å². The second-order valence-electron chi connectivity index (χ2n) is 13.1. The summed E-state index contributed by atoms with van der Waals surface area (Å²) in [6.45, 7) is 16.3. The molecule has 0 atom stereocenters. The number of aromatic amines is 1. The number of piperidine rings is 1. The van der Waals surface area contributed by atoms with Gasteiger partial charge in [-0.05, 0) is 50.9 Å². The number of likely N-dealkylation sites (tertiary alicyclic amines) is 1. The number of H-pyrrole nitrogens is 1. The molecular weight excluding hydrogens is 612 g/mol. The van der Waals surface area contributed by atoms with E-state index in [-0.39, 0.29) is 57.7 Å². The van der Waals surface area contributed by atoms with E-state index in [4.69, 9.17) is 26.5 Å².